The van der Waals surface area contributed by atoms with Gasteiger partial charge in [0, 0.05) is 37.9 Å². The summed E-state index contributed by atoms with van der Waals surface area (Å²) in [5.41, 5.74) is 5.68. The summed E-state index contributed by atoms with van der Waals surface area (Å²) < 4.78 is 19.1. The van der Waals surface area contributed by atoms with Crippen molar-refractivity contribution >= 4 is 5.91 Å². The number of halogens is 1. The molecule has 1 amide bonds. The standard InChI is InChI=1S/C17H21FN4O2/c18-13-3-4-15(24-9-5-19)14(10-13)17(23)22-8-1-2-12(11-22)16-20-6-7-21-16/h3-4,6-7,10,12H,1-2,5,8-9,11,19H2,(H,20,21)/t12-/m1/s1. The molecule has 24 heavy (non-hydrogen) atoms. The summed E-state index contributed by atoms with van der Waals surface area (Å²) in [6, 6.07) is 3.99. The van der Waals surface area contributed by atoms with E-state index in [1.165, 1.54) is 18.2 Å². The molecular formula is C17H21FN4O2. The molecule has 1 aromatic heterocycles. The number of nitrogens with two attached hydrogens (primary N) is 1. The second kappa shape index (κ2) is 7.44. The number of aromatic nitrogens is 2. The van der Waals surface area contributed by atoms with Crippen LogP contribution in [-0.2, 0) is 0 Å². The minimum Gasteiger partial charge on any atom is -0.491 e. The third-order valence-corrected chi connectivity index (χ3v) is 4.16. The van der Waals surface area contributed by atoms with E-state index in [1.54, 1.807) is 17.3 Å². The molecule has 0 radical (unpaired) electrons. The first-order valence-electron chi connectivity index (χ1n) is 8.10. The van der Waals surface area contributed by atoms with Crippen LogP contribution in [0.15, 0.2) is 30.6 Å². The van der Waals surface area contributed by atoms with E-state index in [0.717, 1.165) is 18.7 Å². The number of ether oxygens (including phenoxy) is 1. The molecule has 1 saturated heterocycles. The lowest BCUT2D eigenvalue weighted by Crippen LogP contribution is -2.39. The molecular weight excluding hydrogens is 311 g/mol. The second-order valence-corrected chi connectivity index (χ2v) is 5.84. The molecule has 7 heteroatoms. The van der Waals surface area contributed by atoms with Gasteiger partial charge in [0.2, 0.25) is 0 Å². The number of aromatic amines is 1. The molecule has 0 saturated carbocycles. The van der Waals surface area contributed by atoms with Gasteiger partial charge in [0.15, 0.2) is 0 Å². The Balaban J connectivity index is 1.79. The van der Waals surface area contributed by atoms with Gasteiger partial charge in [-0.3, -0.25) is 4.79 Å². The van der Waals surface area contributed by atoms with E-state index < -0.39 is 5.82 Å². The van der Waals surface area contributed by atoms with Crippen LogP contribution < -0.4 is 10.5 Å². The SMILES string of the molecule is NCCOc1ccc(F)cc1C(=O)N1CCC[C@@H](c2ncc[nH]2)C1. The van der Waals surface area contributed by atoms with Crippen LogP contribution in [0.5, 0.6) is 5.75 Å². The molecule has 1 aliphatic heterocycles. The van der Waals surface area contributed by atoms with Crippen LogP contribution in [0.2, 0.25) is 0 Å². The number of nitrogens with one attached hydrogen (secondary N) is 1. The number of hydrogen-bond acceptors (Lipinski definition) is 4. The second-order valence-electron chi connectivity index (χ2n) is 5.84. The summed E-state index contributed by atoms with van der Waals surface area (Å²) in [6.45, 7) is 1.80. The fraction of sp³-hybridized carbons (Fsp3) is 0.412. The molecule has 3 N–H and O–H groups in total. The Bertz CT molecular complexity index is 690. The van der Waals surface area contributed by atoms with Crippen LogP contribution in [0.4, 0.5) is 4.39 Å². The molecule has 6 nitrogen and oxygen atoms in total. The van der Waals surface area contributed by atoms with Crippen molar-refractivity contribution in [2.75, 3.05) is 26.2 Å². The van der Waals surface area contributed by atoms with Crippen molar-refractivity contribution in [1.82, 2.24) is 14.9 Å². The fourth-order valence-electron chi connectivity index (χ4n) is 3.02. The maximum absolute atomic E-state index is 13.6. The number of carbonyl (C=O) groups excluding carboxylic acids is 1. The highest BCUT2D eigenvalue weighted by Crippen LogP contribution is 2.28. The predicted molar refractivity (Wildman–Crippen MR) is 87.4 cm³/mol. The summed E-state index contributed by atoms with van der Waals surface area (Å²) >= 11 is 0. The Hall–Kier alpha value is -2.41. The predicted octanol–water partition coefficient (Wildman–Crippen LogP) is 1.91. The third kappa shape index (κ3) is 3.56. The topological polar surface area (TPSA) is 84.2 Å². The highest BCUT2D eigenvalue weighted by molar-refractivity contribution is 5.97. The smallest absolute Gasteiger partial charge is 0.257 e. The molecule has 1 aliphatic rings. The average molecular weight is 332 g/mol. The summed E-state index contributed by atoms with van der Waals surface area (Å²) in [6.07, 6.45) is 5.34. The van der Waals surface area contributed by atoms with Gasteiger partial charge in [-0.1, -0.05) is 0 Å². The van der Waals surface area contributed by atoms with Crippen LogP contribution in [0.25, 0.3) is 0 Å². The largest absolute Gasteiger partial charge is 0.491 e. The monoisotopic (exact) mass is 332 g/mol. The average Bonchev–Trinajstić information content (AvgIpc) is 3.15. The van der Waals surface area contributed by atoms with E-state index in [4.69, 9.17) is 10.5 Å². The summed E-state index contributed by atoms with van der Waals surface area (Å²) in [7, 11) is 0. The Labute approximate surface area is 139 Å². The Kier molecular flexibility index (Phi) is 5.10. The number of likely N-dealkylation sites (tertiary alicyclic amines) is 1. The number of H-pyrrole nitrogens is 1. The number of benzene rings is 1. The van der Waals surface area contributed by atoms with Crippen molar-refractivity contribution in [3.63, 3.8) is 0 Å². The zero-order valence-corrected chi connectivity index (χ0v) is 13.4. The molecule has 128 valence electrons. The number of nitrogens with zero attached hydrogens (tertiary/aromatic N) is 2. The lowest BCUT2D eigenvalue weighted by molar-refractivity contribution is 0.0700. The number of hydrogen-bond donors (Lipinski definition) is 2. The minimum absolute atomic E-state index is 0.166. The van der Waals surface area contributed by atoms with E-state index in [9.17, 15) is 9.18 Å². The fourth-order valence-corrected chi connectivity index (χ4v) is 3.02. The zero-order valence-electron chi connectivity index (χ0n) is 13.4. The van der Waals surface area contributed by atoms with Gasteiger partial charge >= 0.3 is 0 Å². The summed E-state index contributed by atoms with van der Waals surface area (Å²) in [5, 5.41) is 0. The van der Waals surface area contributed by atoms with E-state index in [1.807, 2.05) is 0 Å². The molecule has 1 fully saturated rings. The zero-order chi connectivity index (χ0) is 16.9. The summed E-state index contributed by atoms with van der Waals surface area (Å²) in [5.74, 6) is 0.730. The number of rotatable bonds is 5. The van der Waals surface area contributed by atoms with Crippen molar-refractivity contribution in [1.29, 1.82) is 0 Å². The molecule has 0 aliphatic carbocycles. The Morgan fingerprint density at radius 3 is 3.12 bits per heavy atom. The van der Waals surface area contributed by atoms with Gasteiger partial charge in [0.25, 0.3) is 5.91 Å². The number of carbonyl (C=O) groups is 1. The first kappa shape index (κ1) is 16.4. The van der Waals surface area contributed by atoms with Crippen LogP contribution in [0, 0.1) is 5.82 Å². The van der Waals surface area contributed by atoms with Gasteiger partial charge < -0.3 is 20.4 Å². The van der Waals surface area contributed by atoms with E-state index in [-0.39, 0.29) is 24.0 Å². The molecule has 0 spiro atoms. The maximum atomic E-state index is 13.6. The number of piperidine rings is 1. The van der Waals surface area contributed by atoms with Crippen LogP contribution in [0.1, 0.15) is 34.9 Å². The van der Waals surface area contributed by atoms with E-state index >= 15 is 0 Å². The van der Waals surface area contributed by atoms with E-state index in [0.29, 0.717) is 25.4 Å². The van der Waals surface area contributed by atoms with Gasteiger partial charge in [-0.05, 0) is 31.0 Å². The molecule has 1 atom stereocenters. The normalized spacial score (nSPS) is 17.8. The Morgan fingerprint density at radius 1 is 1.50 bits per heavy atom. The van der Waals surface area contributed by atoms with Gasteiger partial charge in [0.1, 0.15) is 24.0 Å². The van der Waals surface area contributed by atoms with Gasteiger partial charge in [-0.15, -0.1) is 0 Å². The quantitative estimate of drug-likeness (QED) is 0.876. The van der Waals surface area contributed by atoms with Crippen molar-refractivity contribution in [2.24, 2.45) is 5.73 Å². The molecule has 1 aromatic carbocycles. The van der Waals surface area contributed by atoms with Crippen LogP contribution in [-0.4, -0.2) is 47.0 Å². The molecule has 2 aromatic rings. The van der Waals surface area contributed by atoms with Crippen LogP contribution >= 0.6 is 0 Å². The minimum atomic E-state index is -0.460. The van der Waals surface area contributed by atoms with Gasteiger partial charge in [0.05, 0.1) is 5.56 Å². The lowest BCUT2D eigenvalue weighted by atomic mass is 9.96. The van der Waals surface area contributed by atoms with Crippen molar-refractivity contribution in [3.05, 3.63) is 47.8 Å². The first-order valence-corrected chi connectivity index (χ1v) is 8.10. The molecule has 2 heterocycles. The molecule has 3 rings (SSSR count). The molecule has 0 unspecified atom stereocenters. The number of amides is 1. The van der Waals surface area contributed by atoms with Crippen molar-refractivity contribution < 1.29 is 13.9 Å². The molecule has 0 bridgehead atoms. The van der Waals surface area contributed by atoms with Gasteiger partial charge in [-0.25, -0.2) is 9.37 Å². The Morgan fingerprint density at radius 2 is 2.38 bits per heavy atom. The highest BCUT2D eigenvalue weighted by atomic mass is 19.1. The van der Waals surface area contributed by atoms with Crippen molar-refractivity contribution in [2.45, 2.75) is 18.8 Å². The highest BCUT2D eigenvalue weighted by Gasteiger charge is 2.28. The number of imidazole rings is 1. The van der Waals surface area contributed by atoms with E-state index in [2.05, 4.69) is 9.97 Å². The summed E-state index contributed by atoms with van der Waals surface area (Å²) in [4.78, 5) is 22.0. The maximum Gasteiger partial charge on any atom is 0.257 e. The van der Waals surface area contributed by atoms with Crippen LogP contribution in [0.3, 0.4) is 0 Å². The first-order chi connectivity index (χ1) is 11.7. The van der Waals surface area contributed by atoms with Crippen molar-refractivity contribution in [3.8, 4) is 5.75 Å². The lowest BCUT2D eigenvalue weighted by Gasteiger charge is -2.32. The third-order valence-electron chi connectivity index (χ3n) is 4.16. The van der Waals surface area contributed by atoms with Gasteiger partial charge in [-0.2, -0.15) is 0 Å².